The van der Waals surface area contributed by atoms with Crippen LogP contribution in [0, 0.1) is 4.77 Å². The molecule has 0 saturated heterocycles. The molecule has 2 heterocycles. The first kappa shape index (κ1) is 15.0. The van der Waals surface area contributed by atoms with Crippen molar-refractivity contribution in [2.45, 2.75) is 0 Å². The molecule has 0 aliphatic carbocycles. The van der Waals surface area contributed by atoms with Gasteiger partial charge < -0.3 is 13.9 Å². The second-order valence-corrected chi connectivity index (χ2v) is 4.88. The van der Waals surface area contributed by atoms with Crippen LogP contribution in [0.4, 0.5) is 0 Å². The molecule has 3 aromatic rings. The first-order chi connectivity index (χ1) is 11.2. The Bertz CT molecular complexity index is 881. The second-order valence-electron chi connectivity index (χ2n) is 4.49. The van der Waals surface area contributed by atoms with E-state index in [0.29, 0.717) is 27.9 Å². The Hall–Kier alpha value is -2.87. The Morgan fingerprint density at radius 2 is 2.17 bits per heavy atom. The highest BCUT2D eigenvalue weighted by atomic mass is 32.1. The Balaban J connectivity index is 1.98. The Morgan fingerprint density at radius 1 is 1.30 bits per heavy atom. The molecule has 8 heteroatoms. The second kappa shape index (κ2) is 6.49. The maximum absolute atomic E-state index is 5.34. The van der Waals surface area contributed by atoms with E-state index in [9.17, 15) is 0 Å². The average Bonchev–Trinajstić information content (AvgIpc) is 3.22. The fourth-order valence-corrected chi connectivity index (χ4v) is 2.19. The normalized spacial score (nSPS) is 11.0. The van der Waals surface area contributed by atoms with Crippen LogP contribution < -0.4 is 9.47 Å². The number of nitrogens with one attached hydrogen (secondary N) is 1. The molecular weight excluding hydrogens is 316 g/mol. The monoisotopic (exact) mass is 330 g/mol. The van der Waals surface area contributed by atoms with E-state index in [-0.39, 0.29) is 0 Å². The zero-order chi connectivity index (χ0) is 16.2. The molecule has 0 fully saturated rings. The van der Waals surface area contributed by atoms with Gasteiger partial charge in [-0.15, -0.1) is 5.10 Å². The Morgan fingerprint density at radius 3 is 2.87 bits per heavy atom. The van der Waals surface area contributed by atoms with Crippen molar-refractivity contribution in [2.75, 3.05) is 14.2 Å². The molecule has 3 rings (SSSR count). The van der Waals surface area contributed by atoms with Gasteiger partial charge in [0.1, 0.15) is 11.5 Å². The lowest BCUT2D eigenvalue weighted by Gasteiger charge is -2.06. The third-order valence-electron chi connectivity index (χ3n) is 3.14. The van der Waals surface area contributed by atoms with Crippen molar-refractivity contribution in [3.8, 4) is 23.1 Å². The third kappa shape index (κ3) is 3.02. The maximum Gasteiger partial charge on any atom is 0.219 e. The van der Waals surface area contributed by atoms with Crippen LogP contribution in [0.15, 0.2) is 46.1 Å². The summed E-state index contributed by atoms with van der Waals surface area (Å²) in [6.07, 6.45) is 3.20. The van der Waals surface area contributed by atoms with Crippen molar-refractivity contribution < 1.29 is 13.9 Å². The third-order valence-corrected chi connectivity index (χ3v) is 3.41. The molecule has 2 aromatic heterocycles. The van der Waals surface area contributed by atoms with Gasteiger partial charge in [0.15, 0.2) is 5.76 Å². The van der Waals surface area contributed by atoms with Gasteiger partial charge in [0, 0.05) is 11.6 Å². The fourth-order valence-electron chi connectivity index (χ4n) is 2.01. The van der Waals surface area contributed by atoms with Gasteiger partial charge in [-0.05, 0) is 36.5 Å². The van der Waals surface area contributed by atoms with E-state index < -0.39 is 0 Å². The molecule has 0 aliphatic rings. The molecule has 0 aliphatic heterocycles. The summed E-state index contributed by atoms with van der Waals surface area (Å²) in [5.74, 6) is 2.40. The van der Waals surface area contributed by atoms with Crippen LogP contribution in [0.5, 0.6) is 11.5 Å². The summed E-state index contributed by atoms with van der Waals surface area (Å²) in [5.41, 5.74) is 0.779. The summed E-state index contributed by atoms with van der Waals surface area (Å²) in [6.45, 7) is 0. The van der Waals surface area contributed by atoms with E-state index in [1.165, 1.54) is 4.68 Å². The van der Waals surface area contributed by atoms with E-state index in [0.717, 1.165) is 5.56 Å². The summed E-state index contributed by atoms with van der Waals surface area (Å²) in [6, 6.07) is 9.01. The van der Waals surface area contributed by atoms with Gasteiger partial charge in [-0.25, -0.2) is 5.10 Å². The molecule has 0 unspecified atom stereocenters. The molecule has 0 saturated carbocycles. The molecule has 0 spiro atoms. The topological polar surface area (TPSA) is 77.6 Å². The minimum Gasteiger partial charge on any atom is -0.497 e. The number of ether oxygens (including phenoxy) is 2. The smallest absolute Gasteiger partial charge is 0.219 e. The quantitative estimate of drug-likeness (QED) is 0.574. The molecule has 7 nitrogen and oxygen atoms in total. The summed E-state index contributed by atoms with van der Waals surface area (Å²) >= 11 is 5.20. The lowest BCUT2D eigenvalue weighted by molar-refractivity contribution is 0.394. The van der Waals surface area contributed by atoms with Crippen molar-refractivity contribution in [2.24, 2.45) is 5.10 Å². The van der Waals surface area contributed by atoms with Gasteiger partial charge in [0.05, 0.1) is 26.7 Å². The number of hydrogen-bond donors (Lipinski definition) is 1. The predicted molar refractivity (Wildman–Crippen MR) is 87.7 cm³/mol. The van der Waals surface area contributed by atoms with Crippen LogP contribution in [0.3, 0.4) is 0 Å². The molecule has 23 heavy (non-hydrogen) atoms. The van der Waals surface area contributed by atoms with Crippen molar-refractivity contribution in [3.63, 3.8) is 0 Å². The summed E-state index contributed by atoms with van der Waals surface area (Å²) in [7, 11) is 3.19. The highest BCUT2D eigenvalue weighted by Gasteiger charge is 2.10. The lowest BCUT2D eigenvalue weighted by Crippen LogP contribution is -1.96. The molecular formula is C15H14N4O3S. The van der Waals surface area contributed by atoms with Crippen LogP contribution in [-0.4, -0.2) is 35.3 Å². The minimum atomic E-state index is 0.361. The minimum absolute atomic E-state index is 0.361. The molecule has 1 aromatic carbocycles. The Kier molecular flexibility index (Phi) is 4.24. The number of H-pyrrole nitrogens is 1. The molecule has 0 radical (unpaired) electrons. The average molecular weight is 330 g/mol. The van der Waals surface area contributed by atoms with Gasteiger partial charge in [-0.2, -0.15) is 9.78 Å². The SMILES string of the molecule is COc1ccc(/C=N\n2c(-c3ccco3)n[nH]c2=S)c(OC)c1. The maximum atomic E-state index is 5.34. The van der Waals surface area contributed by atoms with Gasteiger partial charge >= 0.3 is 0 Å². The van der Waals surface area contributed by atoms with Crippen LogP contribution in [0.2, 0.25) is 0 Å². The number of aromatic nitrogens is 3. The summed E-state index contributed by atoms with van der Waals surface area (Å²) in [5, 5.41) is 11.2. The zero-order valence-corrected chi connectivity index (χ0v) is 13.3. The van der Waals surface area contributed by atoms with Crippen LogP contribution in [0.25, 0.3) is 11.6 Å². The lowest BCUT2D eigenvalue weighted by atomic mass is 10.2. The number of nitrogens with zero attached hydrogens (tertiary/aromatic N) is 3. The van der Waals surface area contributed by atoms with Gasteiger partial charge in [0.25, 0.3) is 0 Å². The molecule has 0 atom stereocenters. The van der Waals surface area contributed by atoms with Crippen molar-refractivity contribution in [1.82, 2.24) is 14.9 Å². The first-order valence-electron chi connectivity index (χ1n) is 6.70. The molecule has 118 valence electrons. The highest BCUT2D eigenvalue weighted by molar-refractivity contribution is 7.71. The molecule has 1 N–H and O–H groups in total. The van der Waals surface area contributed by atoms with E-state index in [2.05, 4.69) is 15.3 Å². The van der Waals surface area contributed by atoms with E-state index in [1.54, 1.807) is 44.9 Å². The number of aromatic amines is 1. The van der Waals surface area contributed by atoms with Crippen molar-refractivity contribution >= 4 is 18.4 Å². The van der Waals surface area contributed by atoms with Crippen LogP contribution >= 0.6 is 12.2 Å². The number of methoxy groups -OCH3 is 2. The van der Waals surface area contributed by atoms with Crippen LogP contribution in [0.1, 0.15) is 5.56 Å². The van der Waals surface area contributed by atoms with E-state index in [1.807, 2.05) is 12.1 Å². The van der Waals surface area contributed by atoms with Crippen LogP contribution in [-0.2, 0) is 0 Å². The van der Waals surface area contributed by atoms with Crippen molar-refractivity contribution in [3.05, 3.63) is 46.9 Å². The number of rotatable bonds is 5. The highest BCUT2D eigenvalue weighted by Crippen LogP contribution is 2.23. The standard InChI is InChI=1S/C15H14N4O3S/c1-20-11-6-5-10(13(8-11)21-2)9-16-19-14(17-18-15(19)23)12-4-3-7-22-12/h3-9H,1-2H3,(H,18,23)/b16-9-. The molecule has 0 bridgehead atoms. The van der Waals surface area contributed by atoms with Gasteiger partial charge in [0.2, 0.25) is 10.6 Å². The Labute approximate surface area is 137 Å². The number of furan rings is 1. The van der Waals surface area contributed by atoms with Crippen molar-refractivity contribution in [1.29, 1.82) is 0 Å². The van der Waals surface area contributed by atoms with E-state index >= 15 is 0 Å². The number of hydrogen-bond acceptors (Lipinski definition) is 6. The zero-order valence-electron chi connectivity index (χ0n) is 12.5. The largest absolute Gasteiger partial charge is 0.497 e. The fraction of sp³-hybridized carbons (Fsp3) is 0.133. The summed E-state index contributed by atoms with van der Waals surface area (Å²) in [4.78, 5) is 0. The van der Waals surface area contributed by atoms with Gasteiger partial charge in [-0.3, -0.25) is 0 Å². The first-order valence-corrected chi connectivity index (χ1v) is 7.11. The number of benzene rings is 1. The molecule has 0 amide bonds. The predicted octanol–water partition coefficient (Wildman–Crippen LogP) is 3.10. The van der Waals surface area contributed by atoms with Gasteiger partial charge in [-0.1, -0.05) is 0 Å². The van der Waals surface area contributed by atoms with E-state index in [4.69, 9.17) is 26.1 Å². The summed E-state index contributed by atoms with van der Waals surface area (Å²) < 4.78 is 17.7.